The van der Waals surface area contributed by atoms with Crippen LogP contribution in [0, 0.1) is 5.82 Å². The minimum atomic E-state index is -0.766. The van der Waals surface area contributed by atoms with Crippen LogP contribution >= 0.6 is 23.4 Å². The lowest BCUT2D eigenvalue weighted by molar-refractivity contribution is -0.114. The van der Waals surface area contributed by atoms with E-state index in [-0.39, 0.29) is 22.9 Å². The zero-order valence-electron chi connectivity index (χ0n) is 13.8. The summed E-state index contributed by atoms with van der Waals surface area (Å²) in [5.41, 5.74) is 0.974. The highest BCUT2D eigenvalue weighted by Crippen LogP contribution is 2.36. The number of ketones is 1. The van der Waals surface area contributed by atoms with E-state index in [4.69, 9.17) is 11.6 Å². The maximum Gasteiger partial charge on any atom is 0.300 e. The van der Waals surface area contributed by atoms with Crippen LogP contribution in [0.3, 0.4) is 0 Å². The molecule has 130 valence electrons. The fourth-order valence-electron chi connectivity index (χ4n) is 2.82. The molecule has 0 spiro atoms. The summed E-state index contributed by atoms with van der Waals surface area (Å²) in [5.74, 6) is -2.15. The fraction of sp³-hybridized carbons (Fsp3) is 0.222. The number of benzene rings is 2. The fourth-order valence-corrected chi connectivity index (χ4v) is 3.47. The van der Waals surface area contributed by atoms with Crippen LogP contribution in [0.25, 0.3) is 0 Å². The molecule has 0 unspecified atom stereocenters. The van der Waals surface area contributed by atoms with Crippen LogP contribution in [-0.2, 0) is 11.3 Å². The van der Waals surface area contributed by atoms with Crippen molar-refractivity contribution < 1.29 is 14.0 Å². The van der Waals surface area contributed by atoms with E-state index in [9.17, 15) is 14.0 Å². The Labute approximate surface area is 154 Å². The van der Waals surface area contributed by atoms with Crippen LogP contribution in [-0.4, -0.2) is 36.6 Å². The summed E-state index contributed by atoms with van der Waals surface area (Å²) < 4.78 is 14.2. The first kappa shape index (κ1) is 17.9. The highest BCUT2D eigenvalue weighted by atomic mass is 35.5. The summed E-state index contributed by atoms with van der Waals surface area (Å²) in [5, 5.41) is 0.0903. The van der Waals surface area contributed by atoms with E-state index < -0.39 is 17.5 Å². The van der Waals surface area contributed by atoms with E-state index in [1.165, 1.54) is 12.1 Å². The number of carbonyl (C=O) groups is 2. The molecule has 2 aromatic rings. The highest BCUT2D eigenvalue weighted by Gasteiger charge is 2.40. The van der Waals surface area contributed by atoms with Crippen molar-refractivity contribution in [3.8, 4) is 0 Å². The Morgan fingerprint density at radius 2 is 1.84 bits per heavy atom. The standard InChI is InChI=1S/C18H16ClFN2O2S/c1-21(9-11-3-5-12(25-2)6-4-11)10-22-16-14(20)8-7-13(19)15(16)17(23)18(22)24/h3-8H,9-10H2,1-2H3. The van der Waals surface area contributed by atoms with Gasteiger partial charge in [-0.05, 0) is 43.1 Å². The van der Waals surface area contributed by atoms with Gasteiger partial charge >= 0.3 is 5.91 Å². The monoisotopic (exact) mass is 378 g/mol. The number of hydrogen-bond donors (Lipinski definition) is 0. The number of nitrogens with zero attached hydrogens (tertiary/aromatic N) is 2. The maximum absolute atomic E-state index is 14.2. The lowest BCUT2D eigenvalue weighted by atomic mass is 10.1. The van der Waals surface area contributed by atoms with Gasteiger partial charge in [-0.15, -0.1) is 11.8 Å². The third kappa shape index (κ3) is 3.42. The van der Waals surface area contributed by atoms with E-state index in [0.29, 0.717) is 6.54 Å². The smallest absolute Gasteiger partial charge is 0.288 e. The van der Waals surface area contributed by atoms with Crippen LogP contribution in [0.1, 0.15) is 15.9 Å². The van der Waals surface area contributed by atoms with Gasteiger partial charge in [0.1, 0.15) is 5.82 Å². The second-order valence-electron chi connectivity index (χ2n) is 5.82. The molecule has 3 rings (SSSR count). The summed E-state index contributed by atoms with van der Waals surface area (Å²) in [7, 11) is 1.81. The first-order valence-electron chi connectivity index (χ1n) is 7.58. The highest BCUT2D eigenvalue weighted by molar-refractivity contribution is 7.98. The molecule has 0 bridgehead atoms. The van der Waals surface area contributed by atoms with Crippen LogP contribution in [0.5, 0.6) is 0 Å². The molecule has 0 atom stereocenters. The number of anilines is 1. The molecule has 1 heterocycles. The third-order valence-corrected chi connectivity index (χ3v) is 5.07. The number of Topliss-reactive ketones (excluding diaryl/α,β-unsaturated/α-hetero) is 1. The van der Waals surface area contributed by atoms with E-state index >= 15 is 0 Å². The van der Waals surface area contributed by atoms with E-state index in [1.807, 2.05) is 35.4 Å². The quantitative estimate of drug-likeness (QED) is 0.586. The van der Waals surface area contributed by atoms with E-state index in [2.05, 4.69) is 0 Å². The van der Waals surface area contributed by atoms with Crippen LogP contribution in [0.15, 0.2) is 41.3 Å². The van der Waals surface area contributed by atoms with Gasteiger partial charge in [-0.1, -0.05) is 23.7 Å². The maximum atomic E-state index is 14.2. The molecule has 0 radical (unpaired) electrons. The van der Waals surface area contributed by atoms with Crippen molar-refractivity contribution in [3.05, 3.63) is 58.4 Å². The molecule has 1 aliphatic heterocycles. The Morgan fingerprint density at radius 3 is 2.48 bits per heavy atom. The molecule has 0 fully saturated rings. The van der Waals surface area contributed by atoms with Gasteiger partial charge in [0.25, 0.3) is 5.78 Å². The summed E-state index contributed by atoms with van der Waals surface area (Å²) in [6.07, 6.45) is 2.01. The molecule has 1 aliphatic rings. The Balaban J connectivity index is 1.80. The summed E-state index contributed by atoms with van der Waals surface area (Å²) >= 11 is 7.64. The number of fused-ring (bicyclic) bond motifs is 1. The van der Waals surface area contributed by atoms with Crippen molar-refractivity contribution >= 4 is 40.7 Å². The second-order valence-corrected chi connectivity index (χ2v) is 7.11. The Bertz CT molecular complexity index is 842. The van der Waals surface area contributed by atoms with Crippen LogP contribution in [0.4, 0.5) is 10.1 Å². The SMILES string of the molecule is CSc1ccc(CN(C)CN2C(=O)C(=O)c3c(Cl)ccc(F)c32)cc1. The molecule has 2 aromatic carbocycles. The van der Waals surface area contributed by atoms with E-state index in [1.54, 1.807) is 18.8 Å². The molecule has 4 nitrogen and oxygen atoms in total. The number of amides is 1. The number of halogens is 2. The minimum Gasteiger partial charge on any atom is -0.288 e. The third-order valence-electron chi connectivity index (χ3n) is 4.01. The van der Waals surface area contributed by atoms with Crippen molar-refractivity contribution in [3.63, 3.8) is 0 Å². The molecule has 1 amide bonds. The normalized spacial score (nSPS) is 13.7. The minimum absolute atomic E-state index is 0.0351. The van der Waals surface area contributed by atoms with Gasteiger partial charge in [0, 0.05) is 11.4 Å². The van der Waals surface area contributed by atoms with Gasteiger partial charge in [0.05, 0.1) is 22.9 Å². The molecule has 0 saturated carbocycles. The molecule has 25 heavy (non-hydrogen) atoms. The first-order valence-corrected chi connectivity index (χ1v) is 9.18. The Hall–Kier alpha value is -1.89. The number of thioether (sulfide) groups is 1. The predicted octanol–water partition coefficient (Wildman–Crippen LogP) is 3.82. The molecular formula is C18H16ClFN2O2S. The van der Waals surface area contributed by atoms with Gasteiger partial charge < -0.3 is 0 Å². The molecule has 0 aliphatic carbocycles. The average Bonchev–Trinajstić information content (AvgIpc) is 2.85. The van der Waals surface area contributed by atoms with Gasteiger partial charge in [-0.25, -0.2) is 4.39 Å². The number of carbonyl (C=O) groups excluding carboxylic acids is 2. The lowest BCUT2D eigenvalue weighted by Gasteiger charge is -2.24. The molecular weight excluding hydrogens is 363 g/mol. The van der Waals surface area contributed by atoms with Crippen molar-refractivity contribution in [2.45, 2.75) is 11.4 Å². The zero-order chi connectivity index (χ0) is 18.1. The Morgan fingerprint density at radius 1 is 1.16 bits per heavy atom. The molecule has 7 heteroatoms. The summed E-state index contributed by atoms with van der Waals surface area (Å²) in [6.45, 7) is 0.656. The summed E-state index contributed by atoms with van der Waals surface area (Å²) in [4.78, 5) is 28.5. The largest absolute Gasteiger partial charge is 0.300 e. The van der Waals surface area contributed by atoms with Crippen molar-refractivity contribution in [2.24, 2.45) is 0 Å². The first-order chi connectivity index (χ1) is 11.9. The van der Waals surface area contributed by atoms with Gasteiger partial charge in [0.2, 0.25) is 0 Å². The van der Waals surface area contributed by atoms with Crippen molar-refractivity contribution in [1.29, 1.82) is 0 Å². The number of rotatable bonds is 5. The van der Waals surface area contributed by atoms with Crippen LogP contribution < -0.4 is 4.90 Å². The van der Waals surface area contributed by atoms with Gasteiger partial charge in [0.15, 0.2) is 0 Å². The average molecular weight is 379 g/mol. The van der Waals surface area contributed by atoms with Crippen molar-refractivity contribution in [1.82, 2.24) is 4.90 Å². The predicted molar refractivity (Wildman–Crippen MR) is 97.8 cm³/mol. The molecule has 0 aromatic heterocycles. The lowest BCUT2D eigenvalue weighted by Crippen LogP contribution is -2.39. The molecule has 0 N–H and O–H groups in total. The molecule has 0 saturated heterocycles. The van der Waals surface area contributed by atoms with Gasteiger partial charge in [-0.3, -0.25) is 19.4 Å². The Kier molecular flexibility index (Phi) is 5.13. The second kappa shape index (κ2) is 7.15. The number of hydrogen-bond acceptors (Lipinski definition) is 4. The van der Waals surface area contributed by atoms with Crippen LogP contribution in [0.2, 0.25) is 5.02 Å². The van der Waals surface area contributed by atoms with E-state index in [0.717, 1.165) is 15.4 Å². The van der Waals surface area contributed by atoms with Gasteiger partial charge in [-0.2, -0.15) is 0 Å². The topological polar surface area (TPSA) is 40.6 Å². The van der Waals surface area contributed by atoms with Crippen molar-refractivity contribution in [2.75, 3.05) is 24.9 Å². The summed E-state index contributed by atoms with van der Waals surface area (Å²) in [6, 6.07) is 10.5. The zero-order valence-corrected chi connectivity index (χ0v) is 15.3.